The van der Waals surface area contributed by atoms with Crippen LogP contribution in [0.5, 0.6) is 0 Å². The molecule has 116 valence electrons. The van der Waals surface area contributed by atoms with E-state index in [2.05, 4.69) is 16.0 Å². The maximum Gasteiger partial charge on any atom is 0.321 e. The van der Waals surface area contributed by atoms with Gasteiger partial charge < -0.3 is 10.6 Å². The fourth-order valence-electron chi connectivity index (χ4n) is 1.68. The molecule has 7 heteroatoms. The van der Waals surface area contributed by atoms with Crippen molar-refractivity contribution >= 4 is 11.9 Å². The van der Waals surface area contributed by atoms with Crippen LogP contribution < -0.4 is 16.0 Å². The van der Waals surface area contributed by atoms with Crippen molar-refractivity contribution in [2.24, 2.45) is 0 Å². The highest BCUT2D eigenvalue weighted by molar-refractivity contribution is 5.95. The van der Waals surface area contributed by atoms with E-state index in [1.807, 2.05) is 0 Å². The van der Waals surface area contributed by atoms with E-state index in [1.54, 1.807) is 20.8 Å². The number of rotatable bonds is 5. The molecule has 0 spiro atoms. The van der Waals surface area contributed by atoms with E-state index in [9.17, 15) is 18.4 Å². The topological polar surface area (TPSA) is 70.2 Å². The van der Waals surface area contributed by atoms with Gasteiger partial charge in [-0.05, 0) is 26.8 Å². The quantitative estimate of drug-likeness (QED) is 0.777. The van der Waals surface area contributed by atoms with Crippen molar-refractivity contribution in [2.75, 3.05) is 6.54 Å². The van der Waals surface area contributed by atoms with Gasteiger partial charge in [0.05, 0.1) is 6.54 Å². The Kier molecular flexibility index (Phi) is 6.23. The molecule has 1 aromatic carbocycles. The van der Waals surface area contributed by atoms with E-state index in [4.69, 9.17) is 0 Å². The molecule has 1 aromatic rings. The Morgan fingerprint density at radius 2 is 1.86 bits per heavy atom. The third-order valence-electron chi connectivity index (χ3n) is 2.67. The Morgan fingerprint density at radius 3 is 2.43 bits per heavy atom. The summed E-state index contributed by atoms with van der Waals surface area (Å²) in [5, 5.41) is 7.41. The zero-order valence-corrected chi connectivity index (χ0v) is 12.2. The van der Waals surface area contributed by atoms with Crippen molar-refractivity contribution in [2.45, 2.75) is 32.9 Å². The van der Waals surface area contributed by atoms with Crippen molar-refractivity contribution < 1.29 is 18.4 Å². The van der Waals surface area contributed by atoms with Crippen LogP contribution in [0.1, 0.15) is 32.4 Å². The summed E-state index contributed by atoms with van der Waals surface area (Å²) < 4.78 is 26.3. The molecule has 0 bridgehead atoms. The van der Waals surface area contributed by atoms with Gasteiger partial charge in [-0.3, -0.25) is 10.1 Å². The third kappa shape index (κ3) is 5.86. The van der Waals surface area contributed by atoms with Gasteiger partial charge in [0.25, 0.3) is 0 Å². The number of amides is 3. The molecular formula is C14H19F2N3O2. The molecule has 0 radical (unpaired) electrons. The number of halogens is 2. The molecule has 0 saturated carbocycles. The fourth-order valence-corrected chi connectivity index (χ4v) is 1.68. The van der Waals surface area contributed by atoms with Crippen LogP contribution in [0.15, 0.2) is 18.2 Å². The molecule has 21 heavy (non-hydrogen) atoms. The van der Waals surface area contributed by atoms with E-state index in [0.717, 1.165) is 12.1 Å². The third-order valence-corrected chi connectivity index (χ3v) is 2.67. The van der Waals surface area contributed by atoms with Crippen LogP contribution in [0, 0.1) is 11.6 Å². The first kappa shape index (κ1) is 17.0. The average Bonchev–Trinajstić information content (AvgIpc) is 2.34. The van der Waals surface area contributed by atoms with Crippen molar-refractivity contribution in [1.29, 1.82) is 0 Å². The Bertz CT molecular complexity index is 521. The monoisotopic (exact) mass is 299 g/mol. The number of hydrogen-bond donors (Lipinski definition) is 3. The Morgan fingerprint density at radius 1 is 1.19 bits per heavy atom. The Balaban J connectivity index is 2.47. The lowest BCUT2D eigenvalue weighted by molar-refractivity contribution is -0.119. The van der Waals surface area contributed by atoms with Crippen LogP contribution in [0.4, 0.5) is 13.6 Å². The van der Waals surface area contributed by atoms with Gasteiger partial charge in [0.15, 0.2) is 0 Å². The Labute approximate surface area is 122 Å². The van der Waals surface area contributed by atoms with Crippen LogP contribution in [0.25, 0.3) is 0 Å². The molecule has 5 nitrogen and oxygen atoms in total. The molecule has 0 unspecified atom stereocenters. The van der Waals surface area contributed by atoms with Gasteiger partial charge in [-0.25, -0.2) is 13.6 Å². The van der Waals surface area contributed by atoms with Gasteiger partial charge in [0.2, 0.25) is 5.91 Å². The average molecular weight is 299 g/mol. The first-order chi connectivity index (χ1) is 9.79. The molecule has 3 amide bonds. The largest absolute Gasteiger partial charge is 0.336 e. The lowest BCUT2D eigenvalue weighted by Gasteiger charge is -2.15. The molecule has 0 heterocycles. The van der Waals surface area contributed by atoms with Gasteiger partial charge >= 0.3 is 6.03 Å². The molecule has 1 atom stereocenters. The molecule has 0 aromatic heterocycles. The van der Waals surface area contributed by atoms with Crippen molar-refractivity contribution in [3.63, 3.8) is 0 Å². The number of hydrogen-bond acceptors (Lipinski definition) is 3. The summed E-state index contributed by atoms with van der Waals surface area (Å²) in [7, 11) is 0. The van der Waals surface area contributed by atoms with Crippen LogP contribution in [0.2, 0.25) is 0 Å². The molecule has 0 aliphatic rings. The lowest BCUT2D eigenvalue weighted by atomic mass is 10.1. The van der Waals surface area contributed by atoms with Crippen LogP contribution in [-0.2, 0) is 4.79 Å². The first-order valence-corrected chi connectivity index (χ1v) is 6.58. The van der Waals surface area contributed by atoms with E-state index in [0.29, 0.717) is 0 Å². The normalized spacial score (nSPS) is 12.1. The van der Waals surface area contributed by atoms with E-state index in [-0.39, 0.29) is 18.2 Å². The standard InChI is InChI=1S/C14H19F2N3O2/c1-8(2)18-14(21)19-13(20)7-17-9(3)11-5-4-10(15)6-12(11)16/h4-6,8-9,17H,7H2,1-3H3,(H2,18,19,20,21)/t9-/m1/s1. The van der Waals surface area contributed by atoms with Gasteiger partial charge in [0.1, 0.15) is 11.6 Å². The summed E-state index contributed by atoms with van der Waals surface area (Å²) in [6, 6.07) is 2.07. The molecule has 3 N–H and O–H groups in total. The maximum atomic E-state index is 13.5. The molecular weight excluding hydrogens is 280 g/mol. The van der Waals surface area contributed by atoms with Gasteiger partial charge in [-0.15, -0.1) is 0 Å². The summed E-state index contributed by atoms with van der Waals surface area (Å²) in [6.07, 6.45) is 0. The number of carbonyl (C=O) groups excluding carboxylic acids is 2. The van der Waals surface area contributed by atoms with Gasteiger partial charge in [-0.1, -0.05) is 6.07 Å². The van der Waals surface area contributed by atoms with E-state index < -0.39 is 29.6 Å². The summed E-state index contributed by atoms with van der Waals surface area (Å²) in [5.74, 6) is -1.89. The number of benzene rings is 1. The summed E-state index contributed by atoms with van der Waals surface area (Å²) >= 11 is 0. The van der Waals surface area contributed by atoms with Crippen molar-refractivity contribution in [1.82, 2.24) is 16.0 Å². The van der Waals surface area contributed by atoms with E-state index >= 15 is 0 Å². The van der Waals surface area contributed by atoms with Crippen LogP contribution >= 0.6 is 0 Å². The minimum absolute atomic E-state index is 0.0852. The molecule has 0 aliphatic heterocycles. The second-order valence-corrected chi connectivity index (χ2v) is 4.94. The summed E-state index contributed by atoms with van der Waals surface area (Å²) in [4.78, 5) is 22.8. The summed E-state index contributed by atoms with van der Waals surface area (Å²) in [6.45, 7) is 5.00. The first-order valence-electron chi connectivity index (χ1n) is 6.58. The molecule has 1 rings (SSSR count). The SMILES string of the molecule is CC(C)NC(=O)NC(=O)CN[C@H](C)c1ccc(F)cc1F. The predicted molar refractivity (Wildman–Crippen MR) is 74.6 cm³/mol. The maximum absolute atomic E-state index is 13.5. The molecule has 0 fully saturated rings. The summed E-state index contributed by atoms with van der Waals surface area (Å²) in [5.41, 5.74) is 0.246. The second kappa shape index (κ2) is 7.68. The van der Waals surface area contributed by atoms with E-state index in [1.165, 1.54) is 6.07 Å². The minimum atomic E-state index is -0.687. The highest BCUT2D eigenvalue weighted by Gasteiger charge is 2.14. The number of nitrogens with one attached hydrogen (secondary N) is 3. The zero-order valence-electron chi connectivity index (χ0n) is 12.2. The smallest absolute Gasteiger partial charge is 0.321 e. The zero-order chi connectivity index (χ0) is 16.0. The number of carbonyl (C=O) groups is 2. The number of imide groups is 1. The van der Waals surface area contributed by atoms with Crippen LogP contribution in [0.3, 0.4) is 0 Å². The minimum Gasteiger partial charge on any atom is -0.336 e. The predicted octanol–water partition coefficient (Wildman–Crippen LogP) is 1.85. The van der Waals surface area contributed by atoms with Crippen molar-refractivity contribution in [3.8, 4) is 0 Å². The second-order valence-electron chi connectivity index (χ2n) is 4.94. The van der Waals surface area contributed by atoms with Gasteiger partial charge in [0, 0.05) is 23.7 Å². The fraction of sp³-hybridized carbons (Fsp3) is 0.429. The van der Waals surface area contributed by atoms with Crippen molar-refractivity contribution in [3.05, 3.63) is 35.4 Å². The highest BCUT2D eigenvalue weighted by Crippen LogP contribution is 2.17. The van der Waals surface area contributed by atoms with Gasteiger partial charge in [-0.2, -0.15) is 0 Å². The van der Waals surface area contributed by atoms with Crippen LogP contribution in [-0.4, -0.2) is 24.5 Å². The Hall–Kier alpha value is -2.02. The molecule has 0 aliphatic carbocycles. The lowest BCUT2D eigenvalue weighted by Crippen LogP contribution is -2.45. The highest BCUT2D eigenvalue weighted by atomic mass is 19.1. The number of urea groups is 1. The molecule has 0 saturated heterocycles.